The number of carbonyl (C=O) groups is 1. The van der Waals surface area contributed by atoms with Gasteiger partial charge in [0.05, 0.1) is 38.6 Å². The molecular weight excluding hydrogens is 1060 g/mol. The van der Waals surface area contributed by atoms with E-state index in [-0.39, 0.29) is 18.9 Å². The van der Waals surface area contributed by atoms with Gasteiger partial charge in [0.15, 0.2) is 18.9 Å². The molecule has 3 saturated heterocycles. The number of hydrogen-bond donors (Lipinski definition) is 12. The Balaban J connectivity index is 1.36. The Bertz CT molecular complexity index is 1640. The van der Waals surface area contributed by atoms with E-state index in [1.807, 2.05) is 0 Å². The summed E-state index contributed by atoms with van der Waals surface area (Å²) in [4.78, 5) is 13.3. The number of aliphatic hydroxyl groups is 11. The molecule has 3 fully saturated rings. The molecule has 19 nitrogen and oxygen atoms in total. The molecule has 3 aliphatic rings. The van der Waals surface area contributed by atoms with Crippen LogP contribution in [-0.2, 0) is 33.2 Å². The lowest BCUT2D eigenvalue weighted by Crippen LogP contribution is -2.66. The molecule has 0 aliphatic carbocycles. The fourth-order valence-corrected chi connectivity index (χ4v) is 10.9. The van der Waals surface area contributed by atoms with E-state index >= 15 is 0 Å². The van der Waals surface area contributed by atoms with Crippen LogP contribution in [0, 0.1) is 0 Å². The summed E-state index contributed by atoms with van der Waals surface area (Å²) in [6, 6.07) is -0.884. The first-order valence-corrected chi connectivity index (χ1v) is 32.2. The van der Waals surface area contributed by atoms with Gasteiger partial charge in [-0.25, -0.2) is 0 Å². The van der Waals surface area contributed by atoms with Gasteiger partial charge in [0.25, 0.3) is 0 Å². The Morgan fingerprint density at radius 3 is 1.26 bits per heavy atom. The third-order valence-corrected chi connectivity index (χ3v) is 16.2. The van der Waals surface area contributed by atoms with E-state index in [4.69, 9.17) is 28.4 Å². The topological polar surface area (TPSA) is 307 Å². The van der Waals surface area contributed by atoms with E-state index in [0.717, 1.165) is 57.8 Å². The van der Waals surface area contributed by atoms with E-state index in [0.29, 0.717) is 12.8 Å². The Kier molecular flexibility index (Phi) is 41.8. The number of amides is 1. The Labute approximate surface area is 491 Å². The summed E-state index contributed by atoms with van der Waals surface area (Å²) in [5.74, 6) is -0.247. The number of hydrogen-bond acceptors (Lipinski definition) is 18. The molecule has 0 bridgehead atoms. The molecule has 12 N–H and O–H groups in total. The first-order valence-electron chi connectivity index (χ1n) is 32.2. The van der Waals surface area contributed by atoms with Gasteiger partial charge in [-0.3, -0.25) is 4.79 Å². The summed E-state index contributed by atoms with van der Waals surface area (Å²) < 4.78 is 34.2. The van der Waals surface area contributed by atoms with E-state index in [9.17, 15) is 61.0 Å². The van der Waals surface area contributed by atoms with Crippen molar-refractivity contribution in [3.05, 3.63) is 36.5 Å². The van der Waals surface area contributed by atoms with Crippen LogP contribution in [0.25, 0.3) is 0 Å². The molecule has 3 aliphatic heterocycles. The van der Waals surface area contributed by atoms with Crippen LogP contribution in [0.2, 0.25) is 0 Å². The lowest BCUT2D eigenvalue weighted by Gasteiger charge is -2.48. The third-order valence-electron chi connectivity index (χ3n) is 16.2. The number of aliphatic hydroxyl groups excluding tert-OH is 11. The number of rotatable bonds is 48. The number of allylic oxidation sites excluding steroid dienone is 6. The third kappa shape index (κ3) is 29.1. The molecule has 17 atom stereocenters. The largest absolute Gasteiger partial charge is 0.394 e. The molecule has 17 unspecified atom stereocenters. The molecule has 0 spiro atoms. The minimum Gasteiger partial charge on any atom is -0.394 e. The van der Waals surface area contributed by atoms with Crippen LogP contribution in [0.4, 0.5) is 0 Å². The quantitative estimate of drug-likeness (QED) is 0.0218. The van der Waals surface area contributed by atoms with Crippen LogP contribution in [-0.4, -0.2) is 193 Å². The Morgan fingerprint density at radius 1 is 0.439 bits per heavy atom. The van der Waals surface area contributed by atoms with Crippen LogP contribution >= 0.6 is 0 Å². The summed E-state index contributed by atoms with van der Waals surface area (Å²) in [6.45, 7) is 1.73. The van der Waals surface area contributed by atoms with Crippen molar-refractivity contribution < 1.29 is 89.4 Å². The van der Waals surface area contributed by atoms with Crippen molar-refractivity contribution in [1.29, 1.82) is 0 Å². The molecule has 0 radical (unpaired) electrons. The Morgan fingerprint density at radius 2 is 0.805 bits per heavy atom. The maximum Gasteiger partial charge on any atom is 0.220 e. The van der Waals surface area contributed by atoms with Crippen LogP contribution in [0.15, 0.2) is 36.5 Å². The summed E-state index contributed by atoms with van der Waals surface area (Å²) in [7, 11) is 0. The maximum absolute atomic E-state index is 13.3. The SMILES string of the molecule is CCCCCCC/C=C\C/C=C\C/C=C\CCCCCCCCCCCCCCCCC(=O)NC(COC1OC(CO)C(OC2OC(CO)C(OC3OC(CO)C(O)C(O)C3O)C(O)C2O)C(O)C1O)C(O)CCCCCCCCCC. The number of carbonyl (C=O) groups excluding carboxylic acids is 1. The fraction of sp³-hybridized carbons (Fsp3) is 0.889. The first-order chi connectivity index (χ1) is 39.8. The molecule has 82 heavy (non-hydrogen) atoms. The van der Waals surface area contributed by atoms with Gasteiger partial charge in [-0.05, 0) is 51.4 Å². The zero-order valence-electron chi connectivity index (χ0n) is 50.2. The predicted molar refractivity (Wildman–Crippen MR) is 314 cm³/mol. The van der Waals surface area contributed by atoms with Gasteiger partial charge >= 0.3 is 0 Å². The van der Waals surface area contributed by atoms with Crippen molar-refractivity contribution in [3.8, 4) is 0 Å². The second kappa shape index (κ2) is 46.2. The molecule has 3 rings (SSSR count). The fourth-order valence-electron chi connectivity index (χ4n) is 10.9. The molecule has 0 aromatic carbocycles. The second-order valence-corrected chi connectivity index (χ2v) is 23.2. The van der Waals surface area contributed by atoms with Gasteiger partial charge in [-0.15, -0.1) is 0 Å². The van der Waals surface area contributed by atoms with E-state index in [1.54, 1.807) is 0 Å². The van der Waals surface area contributed by atoms with Crippen LogP contribution in [0.3, 0.4) is 0 Å². The first kappa shape index (κ1) is 74.3. The highest BCUT2D eigenvalue weighted by atomic mass is 16.8. The monoisotopic (exact) mass is 1170 g/mol. The van der Waals surface area contributed by atoms with Gasteiger partial charge in [0, 0.05) is 6.42 Å². The number of unbranched alkanes of at least 4 members (excludes halogenated alkanes) is 26. The van der Waals surface area contributed by atoms with E-state index in [1.165, 1.54) is 135 Å². The number of nitrogens with one attached hydrogen (secondary N) is 1. The zero-order valence-corrected chi connectivity index (χ0v) is 50.2. The van der Waals surface area contributed by atoms with Crippen molar-refractivity contribution in [2.75, 3.05) is 26.4 Å². The van der Waals surface area contributed by atoms with Crippen LogP contribution < -0.4 is 5.32 Å². The highest BCUT2D eigenvalue weighted by Crippen LogP contribution is 2.33. The van der Waals surface area contributed by atoms with Crippen molar-refractivity contribution in [2.24, 2.45) is 0 Å². The van der Waals surface area contributed by atoms with Gasteiger partial charge < -0.3 is 89.9 Å². The molecule has 1 amide bonds. The summed E-state index contributed by atoms with van der Waals surface area (Å²) >= 11 is 0. The zero-order chi connectivity index (χ0) is 59.7. The minimum atomic E-state index is -1.97. The molecular formula is C63H115NO18. The van der Waals surface area contributed by atoms with Crippen molar-refractivity contribution in [2.45, 2.75) is 330 Å². The van der Waals surface area contributed by atoms with Crippen molar-refractivity contribution in [1.82, 2.24) is 5.32 Å². The van der Waals surface area contributed by atoms with Gasteiger partial charge in [-0.2, -0.15) is 0 Å². The predicted octanol–water partition coefficient (Wildman–Crippen LogP) is 6.88. The minimum absolute atomic E-state index is 0.247. The van der Waals surface area contributed by atoms with Gasteiger partial charge in [0.2, 0.25) is 5.91 Å². The van der Waals surface area contributed by atoms with Gasteiger partial charge in [0.1, 0.15) is 73.2 Å². The lowest BCUT2D eigenvalue weighted by atomic mass is 9.96. The smallest absolute Gasteiger partial charge is 0.220 e. The van der Waals surface area contributed by atoms with Crippen molar-refractivity contribution in [3.63, 3.8) is 0 Å². The molecule has 0 aromatic rings. The van der Waals surface area contributed by atoms with Crippen LogP contribution in [0.5, 0.6) is 0 Å². The molecule has 480 valence electrons. The second-order valence-electron chi connectivity index (χ2n) is 23.2. The van der Waals surface area contributed by atoms with E-state index in [2.05, 4.69) is 55.6 Å². The Hall–Kier alpha value is -1.99. The average Bonchev–Trinajstić information content (AvgIpc) is 3.60. The highest BCUT2D eigenvalue weighted by Gasteiger charge is 2.53. The normalized spacial score (nSPS) is 29.8. The standard InChI is InChI=1S/C63H115NO18/c1-3-5-7-9-11-13-14-15-16-17-18-19-20-21-22-23-24-25-26-27-28-29-30-31-32-33-35-37-39-41-51(69)64-46(47(68)40-38-36-34-12-10-8-6-4-2)45-77-61-57(75)54(72)59(49(43-66)79-61)82-63-58(76)55(73)60(50(44-67)80-63)81-62-56(74)53(71)52(70)48(42-65)78-62/h14-15,17-18,20-21,46-50,52-63,65-68,70-76H,3-13,16,19,22-45H2,1-2H3,(H,64,69)/b15-14-,18-17-,21-20-. The highest BCUT2D eigenvalue weighted by molar-refractivity contribution is 5.76. The molecule has 0 saturated carbocycles. The number of ether oxygens (including phenoxy) is 6. The lowest BCUT2D eigenvalue weighted by molar-refractivity contribution is -0.379. The van der Waals surface area contributed by atoms with Gasteiger partial charge in [-0.1, -0.05) is 204 Å². The molecule has 19 heteroatoms. The maximum atomic E-state index is 13.3. The summed E-state index contributed by atoms with van der Waals surface area (Å²) in [6.07, 6.45) is 24.1. The van der Waals surface area contributed by atoms with Crippen LogP contribution in [0.1, 0.15) is 226 Å². The average molecular weight is 1170 g/mol. The summed E-state index contributed by atoms with van der Waals surface area (Å²) in [5.41, 5.74) is 0. The molecule has 0 aromatic heterocycles. The molecule has 3 heterocycles. The van der Waals surface area contributed by atoms with E-state index < -0.39 is 124 Å². The van der Waals surface area contributed by atoms with Crippen molar-refractivity contribution >= 4 is 5.91 Å². The summed E-state index contributed by atoms with van der Waals surface area (Å²) in [5, 5.41) is 120.